The molecule has 5 heterocycles. The smallest absolute Gasteiger partial charge is 0.258 e. The van der Waals surface area contributed by atoms with Crippen LogP contribution in [0.5, 0.6) is 0 Å². The summed E-state index contributed by atoms with van der Waals surface area (Å²) in [6.45, 7) is 0.395. The summed E-state index contributed by atoms with van der Waals surface area (Å²) >= 11 is 1.26. The number of furan rings is 1. The number of nitrogens with zero attached hydrogens (tertiary/aromatic N) is 6. The van der Waals surface area contributed by atoms with Crippen molar-refractivity contribution >= 4 is 33.4 Å². The number of hydrogen-bond donors (Lipinski definition) is 1. The molecule has 10 heteroatoms. The van der Waals surface area contributed by atoms with Gasteiger partial charge >= 0.3 is 0 Å². The van der Waals surface area contributed by atoms with E-state index in [2.05, 4.69) is 25.6 Å². The molecule has 170 valence electrons. The molecule has 1 N–H and O–H groups in total. The topological polar surface area (TPSA) is 112 Å². The van der Waals surface area contributed by atoms with Crippen LogP contribution in [0.2, 0.25) is 0 Å². The van der Waals surface area contributed by atoms with E-state index in [9.17, 15) is 4.79 Å². The standard InChI is InChI=1S/C25H17N7O2S/c33-23(29-25-31-30-24(35-25)20-10-4-5-11-26-20)18-13-21(16-7-2-1-3-8-16)28-22-19(18)14-27-32(22)15-17-9-6-12-34-17/h1-14H,15H2,(H,29,31,33). The highest BCUT2D eigenvalue weighted by Crippen LogP contribution is 2.28. The Balaban J connectivity index is 1.39. The van der Waals surface area contributed by atoms with Gasteiger partial charge in [0.25, 0.3) is 5.91 Å². The number of carbonyl (C=O) groups excluding carboxylic acids is 1. The molecular formula is C25H17N7O2S. The number of carbonyl (C=O) groups is 1. The van der Waals surface area contributed by atoms with Gasteiger partial charge in [0.15, 0.2) is 10.7 Å². The van der Waals surface area contributed by atoms with Crippen molar-refractivity contribution in [2.24, 2.45) is 0 Å². The first-order valence-corrected chi connectivity index (χ1v) is 11.6. The molecule has 0 aliphatic carbocycles. The zero-order valence-corrected chi connectivity index (χ0v) is 19.0. The Labute approximate surface area is 203 Å². The van der Waals surface area contributed by atoms with Gasteiger partial charge in [-0.05, 0) is 30.3 Å². The van der Waals surface area contributed by atoms with E-state index in [4.69, 9.17) is 9.40 Å². The number of fused-ring (bicyclic) bond motifs is 1. The molecule has 1 aromatic carbocycles. The van der Waals surface area contributed by atoms with Crippen LogP contribution in [0.1, 0.15) is 16.1 Å². The zero-order chi connectivity index (χ0) is 23.6. The van der Waals surface area contributed by atoms with Gasteiger partial charge in [-0.25, -0.2) is 9.67 Å². The summed E-state index contributed by atoms with van der Waals surface area (Å²) < 4.78 is 7.20. The Morgan fingerprint density at radius 3 is 2.69 bits per heavy atom. The van der Waals surface area contributed by atoms with Crippen molar-refractivity contribution in [2.75, 3.05) is 5.32 Å². The first-order chi connectivity index (χ1) is 17.2. The van der Waals surface area contributed by atoms with E-state index in [1.54, 1.807) is 29.4 Å². The van der Waals surface area contributed by atoms with Crippen LogP contribution in [0.3, 0.4) is 0 Å². The monoisotopic (exact) mass is 479 g/mol. The Hall–Kier alpha value is -4.70. The van der Waals surface area contributed by atoms with Crippen molar-refractivity contribution in [3.8, 4) is 22.0 Å². The van der Waals surface area contributed by atoms with Crippen molar-refractivity contribution in [3.05, 3.63) is 96.7 Å². The van der Waals surface area contributed by atoms with Crippen molar-refractivity contribution in [1.29, 1.82) is 0 Å². The second-order valence-corrected chi connectivity index (χ2v) is 8.60. The lowest BCUT2D eigenvalue weighted by atomic mass is 10.1. The van der Waals surface area contributed by atoms with Gasteiger partial charge in [0.05, 0.1) is 29.1 Å². The minimum Gasteiger partial charge on any atom is -0.467 e. The van der Waals surface area contributed by atoms with Crippen molar-refractivity contribution in [1.82, 2.24) is 29.9 Å². The van der Waals surface area contributed by atoms with Crippen LogP contribution in [-0.2, 0) is 6.54 Å². The Kier molecular flexibility index (Phi) is 5.32. The van der Waals surface area contributed by atoms with Crippen molar-refractivity contribution < 1.29 is 9.21 Å². The number of benzene rings is 1. The van der Waals surface area contributed by atoms with Gasteiger partial charge in [0.2, 0.25) is 5.13 Å². The molecule has 6 rings (SSSR count). The molecule has 0 radical (unpaired) electrons. The molecule has 0 fully saturated rings. The minimum absolute atomic E-state index is 0.323. The molecule has 0 bridgehead atoms. The zero-order valence-electron chi connectivity index (χ0n) is 18.2. The molecule has 0 unspecified atom stereocenters. The summed E-state index contributed by atoms with van der Waals surface area (Å²) in [5.41, 5.74) is 3.27. The maximum absolute atomic E-state index is 13.4. The quantitative estimate of drug-likeness (QED) is 0.361. The second kappa shape index (κ2) is 8.92. The number of aromatic nitrogens is 6. The van der Waals surface area contributed by atoms with Crippen molar-refractivity contribution in [3.63, 3.8) is 0 Å². The van der Waals surface area contributed by atoms with Crippen LogP contribution < -0.4 is 5.32 Å². The molecule has 0 aliphatic rings. The van der Waals surface area contributed by atoms with Gasteiger partial charge < -0.3 is 4.42 Å². The number of pyridine rings is 2. The lowest BCUT2D eigenvalue weighted by Gasteiger charge is -2.08. The molecule has 5 aromatic heterocycles. The highest BCUT2D eigenvalue weighted by molar-refractivity contribution is 7.18. The lowest BCUT2D eigenvalue weighted by molar-refractivity contribution is 0.102. The summed E-state index contributed by atoms with van der Waals surface area (Å²) in [4.78, 5) is 22.5. The normalized spacial score (nSPS) is 11.1. The first kappa shape index (κ1) is 20.9. The number of anilines is 1. The summed E-state index contributed by atoms with van der Waals surface area (Å²) in [7, 11) is 0. The van der Waals surface area contributed by atoms with E-state index in [1.165, 1.54) is 11.3 Å². The predicted octanol–water partition coefficient (Wildman–Crippen LogP) is 4.91. The summed E-state index contributed by atoms with van der Waals surface area (Å²) in [6.07, 6.45) is 4.95. The fraction of sp³-hybridized carbons (Fsp3) is 0.0400. The molecule has 1 amide bonds. The summed E-state index contributed by atoms with van der Waals surface area (Å²) in [5.74, 6) is 0.416. The predicted molar refractivity (Wildman–Crippen MR) is 132 cm³/mol. The number of amides is 1. The van der Waals surface area contributed by atoms with E-state index in [0.717, 1.165) is 11.3 Å². The average Bonchev–Trinajstić information content (AvgIpc) is 3.67. The fourth-order valence-corrected chi connectivity index (χ4v) is 4.40. The molecule has 0 saturated heterocycles. The highest BCUT2D eigenvalue weighted by Gasteiger charge is 2.20. The molecule has 0 atom stereocenters. The Morgan fingerprint density at radius 2 is 1.89 bits per heavy atom. The van der Waals surface area contributed by atoms with Gasteiger partial charge in [-0.2, -0.15) is 5.10 Å². The third kappa shape index (κ3) is 4.18. The molecule has 9 nitrogen and oxygen atoms in total. The molecule has 0 saturated carbocycles. The third-order valence-corrected chi connectivity index (χ3v) is 6.20. The van der Waals surface area contributed by atoms with E-state index >= 15 is 0 Å². The third-order valence-electron chi connectivity index (χ3n) is 5.34. The Morgan fingerprint density at radius 1 is 1.00 bits per heavy atom. The molecule has 0 aliphatic heterocycles. The molecular weight excluding hydrogens is 462 g/mol. The van der Waals surface area contributed by atoms with Crippen LogP contribution in [0.15, 0.2) is 89.8 Å². The van der Waals surface area contributed by atoms with E-state index in [-0.39, 0.29) is 5.91 Å². The van der Waals surface area contributed by atoms with Gasteiger partial charge in [-0.15, -0.1) is 10.2 Å². The largest absolute Gasteiger partial charge is 0.467 e. The fourth-order valence-electron chi connectivity index (χ4n) is 3.69. The van der Waals surface area contributed by atoms with Crippen LogP contribution in [0.4, 0.5) is 5.13 Å². The maximum atomic E-state index is 13.4. The minimum atomic E-state index is -0.323. The number of hydrogen-bond acceptors (Lipinski definition) is 8. The highest BCUT2D eigenvalue weighted by atomic mass is 32.1. The SMILES string of the molecule is O=C(Nc1nnc(-c2ccccn2)s1)c1cc(-c2ccccc2)nc2c1cnn2Cc1ccco1. The van der Waals surface area contributed by atoms with E-state index < -0.39 is 0 Å². The van der Waals surface area contributed by atoms with Crippen LogP contribution in [0, 0.1) is 0 Å². The van der Waals surface area contributed by atoms with Crippen LogP contribution in [0.25, 0.3) is 33.0 Å². The van der Waals surface area contributed by atoms with Gasteiger partial charge in [-0.3, -0.25) is 15.1 Å². The summed E-state index contributed by atoms with van der Waals surface area (Å²) in [6, 6.07) is 20.7. The van der Waals surface area contributed by atoms with Crippen LogP contribution in [-0.4, -0.2) is 35.9 Å². The van der Waals surface area contributed by atoms with Gasteiger partial charge in [0.1, 0.15) is 18.0 Å². The first-order valence-electron chi connectivity index (χ1n) is 10.8. The van der Waals surface area contributed by atoms with Gasteiger partial charge in [-0.1, -0.05) is 47.7 Å². The lowest BCUT2D eigenvalue weighted by Crippen LogP contribution is -2.13. The van der Waals surface area contributed by atoms with Crippen molar-refractivity contribution in [2.45, 2.75) is 6.54 Å². The van der Waals surface area contributed by atoms with Gasteiger partial charge in [0, 0.05) is 11.8 Å². The summed E-state index contributed by atoms with van der Waals surface area (Å²) in [5, 5.41) is 17.3. The number of nitrogens with one attached hydrogen (secondary N) is 1. The number of rotatable bonds is 6. The molecule has 0 spiro atoms. The van der Waals surface area contributed by atoms with Crippen LogP contribution >= 0.6 is 11.3 Å². The molecule has 6 aromatic rings. The molecule has 35 heavy (non-hydrogen) atoms. The maximum Gasteiger partial charge on any atom is 0.258 e. The second-order valence-electron chi connectivity index (χ2n) is 7.62. The average molecular weight is 480 g/mol. The van der Waals surface area contributed by atoms with E-state index in [0.29, 0.717) is 44.7 Å². The Bertz CT molecular complexity index is 1610. The van der Waals surface area contributed by atoms with E-state index in [1.807, 2.05) is 60.7 Å².